The van der Waals surface area contributed by atoms with Crippen molar-refractivity contribution in [2.75, 3.05) is 0 Å². The van der Waals surface area contributed by atoms with E-state index in [1.807, 2.05) is 21.6 Å². The zero-order chi connectivity index (χ0) is 14.0. The molecule has 0 aromatic carbocycles. The fraction of sp³-hybridized carbons (Fsp3) is 1.00. The minimum absolute atomic E-state index is 0.287. The zero-order valence-corrected chi connectivity index (χ0v) is 14.4. The van der Waals surface area contributed by atoms with Crippen molar-refractivity contribution < 1.29 is 9.47 Å². The average molecular weight is 295 g/mol. The molecule has 0 bridgehead atoms. The highest BCUT2D eigenvalue weighted by atomic mass is 33.1. The summed E-state index contributed by atoms with van der Waals surface area (Å²) in [6, 6.07) is 0. The van der Waals surface area contributed by atoms with Crippen molar-refractivity contribution in [1.82, 2.24) is 0 Å². The van der Waals surface area contributed by atoms with Crippen LogP contribution in [-0.2, 0) is 9.47 Å². The van der Waals surface area contributed by atoms with E-state index in [2.05, 4.69) is 41.5 Å². The van der Waals surface area contributed by atoms with Gasteiger partial charge in [-0.25, -0.2) is 0 Å². The first-order chi connectivity index (χ1) is 8.49. The molecule has 0 aliphatic rings. The molecule has 0 N–H and O–H groups in total. The van der Waals surface area contributed by atoms with E-state index < -0.39 is 0 Å². The molecule has 2 atom stereocenters. The van der Waals surface area contributed by atoms with Gasteiger partial charge in [0.05, 0.1) is 12.2 Å². The summed E-state index contributed by atoms with van der Waals surface area (Å²) in [7, 11) is 3.67. The molecule has 4 heteroatoms. The molecule has 18 heavy (non-hydrogen) atoms. The largest absolute Gasteiger partial charge is 0.364 e. The van der Waals surface area contributed by atoms with Crippen LogP contribution >= 0.6 is 21.6 Å². The van der Waals surface area contributed by atoms with Crippen LogP contribution in [0.1, 0.15) is 67.2 Å². The molecule has 0 heterocycles. The Balaban J connectivity index is 4.09. The molecular formula is C14H30O2S2. The van der Waals surface area contributed by atoms with Gasteiger partial charge in [0.1, 0.15) is 10.9 Å². The predicted octanol–water partition coefficient (Wildman–Crippen LogP) is 5.47. The smallest absolute Gasteiger partial charge is 0.113 e. The van der Waals surface area contributed by atoms with Gasteiger partial charge in [0.15, 0.2) is 0 Å². The number of rotatable bonds is 11. The maximum absolute atomic E-state index is 5.91. The highest BCUT2D eigenvalue weighted by Crippen LogP contribution is 2.37. The van der Waals surface area contributed by atoms with Gasteiger partial charge in [-0.15, -0.1) is 0 Å². The summed E-state index contributed by atoms with van der Waals surface area (Å²) in [6.45, 7) is 12.8. The van der Waals surface area contributed by atoms with Crippen LogP contribution in [-0.4, -0.2) is 23.1 Å². The molecule has 0 rings (SSSR count). The SMILES string of the molecule is CCCC(OC(C)C)SSC(CCC)OC(C)C. The Morgan fingerprint density at radius 2 is 1.06 bits per heavy atom. The Bertz CT molecular complexity index is 167. The van der Waals surface area contributed by atoms with Crippen molar-refractivity contribution in [3.63, 3.8) is 0 Å². The van der Waals surface area contributed by atoms with Crippen LogP contribution < -0.4 is 0 Å². The molecule has 0 saturated heterocycles. The standard InChI is InChI=1S/C14H30O2S2/c1-7-9-13(15-11(3)4)17-18-14(10-8-2)16-12(5)6/h11-14H,7-10H2,1-6H3. The van der Waals surface area contributed by atoms with Crippen LogP contribution in [0.3, 0.4) is 0 Å². The van der Waals surface area contributed by atoms with Crippen LogP contribution in [0, 0.1) is 0 Å². The first kappa shape index (κ1) is 18.6. The Labute approximate surface area is 121 Å². The number of hydrogen-bond acceptors (Lipinski definition) is 4. The molecule has 2 nitrogen and oxygen atoms in total. The van der Waals surface area contributed by atoms with E-state index >= 15 is 0 Å². The lowest BCUT2D eigenvalue weighted by molar-refractivity contribution is 0.0529. The normalized spacial score (nSPS) is 15.3. The summed E-state index contributed by atoms with van der Waals surface area (Å²) < 4.78 is 11.8. The van der Waals surface area contributed by atoms with Crippen molar-refractivity contribution >= 4 is 21.6 Å². The summed E-state index contributed by atoms with van der Waals surface area (Å²) in [5.74, 6) is 0. The zero-order valence-electron chi connectivity index (χ0n) is 12.8. The molecule has 0 aromatic heterocycles. The lowest BCUT2D eigenvalue weighted by Crippen LogP contribution is -2.16. The predicted molar refractivity (Wildman–Crippen MR) is 85.0 cm³/mol. The third-order valence-electron chi connectivity index (χ3n) is 2.17. The molecule has 110 valence electrons. The maximum atomic E-state index is 5.91. The molecule has 2 unspecified atom stereocenters. The van der Waals surface area contributed by atoms with E-state index in [-0.39, 0.29) is 10.9 Å². The van der Waals surface area contributed by atoms with Crippen molar-refractivity contribution in [2.24, 2.45) is 0 Å². The first-order valence-electron chi connectivity index (χ1n) is 7.12. The Morgan fingerprint density at radius 1 is 0.722 bits per heavy atom. The molecule has 0 aliphatic heterocycles. The first-order valence-corrected chi connectivity index (χ1v) is 9.40. The summed E-state index contributed by atoms with van der Waals surface area (Å²) in [4.78, 5) is 0. The van der Waals surface area contributed by atoms with Gasteiger partial charge in [-0.2, -0.15) is 0 Å². The van der Waals surface area contributed by atoms with Crippen LogP contribution in [0.4, 0.5) is 0 Å². The van der Waals surface area contributed by atoms with Gasteiger partial charge in [0.2, 0.25) is 0 Å². The fourth-order valence-corrected chi connectivity index (χ4v) is 4.52. The number of ether oxygens (including phenoxy) is 2. The summed E-state index contributed by atoms with van der Waals surface area (Å²) >= 11 is 0. The van der Waals surface area contributed by atoms with E-state index in [9.17, 15) is 0 Å². The van der Waals surface area contributed by atoms with Crippen molar-refractivity contribution in [2.45, 2.75) is 90.3 Å². The van der Waals surface area contributed by atoms with Crippen LogP contribution in [0.15, 0.2) is 0 Å². The summed E-state index contributed by atoms with van der Waals surface area (Å²) in [6.07, 6.45) is 5.13. The Kier molecular flexibility index (Phi) is 11.8. The molecule has 0 saturated carbocycles. The van der Waals surface area contributed by atoms with E-state index in [1.54, 1.807) is 0 Å². The molecule has 0 radical (unpaired) electrons. The van der Waals surface area contributed by atoms with Crippen molar-refractivity contribution in [3.8, 4) is 0 Å². The van der Waals surface area contributed by atoms with Crippen LogP contribution in [0.25, 0.3) is 0 Å². The molecule has 0 amide bonds. The van der Waals surface area contributed by atoms with Gasteiger partial charge in [-0.3, -0.25) is 0 Å². The molecule has 0 aliphatic carbocycles. The third kappa shape index (κ3) is 10.5. The van der Waals surface area contributed by atoms with E-state index in [0.717, 1.165) is 25.7 Å². The minimum atomic E-state index is 0.287. The van der Waals surface area contributed by atoms with E-state index in [4.69, 9.17) is 9.47 Å². The second kappa shape index (κ2) is 11.4. The average Bonchev–Trinajstić information content (AvgIpc) is 2.24. The van der Waals surface area contributed by atoms with Gasteiger partial charge >= 0.3 is 0 Å². The van der Waals surface area contributed by atoms with Crippen molar-refractivity contribution in [3.05, 3.63) is 0 Å². The monoisotopic (exact) mass is 294 g/mol. The topological polar surface area (TPSA) is 18.5 Å². The molecule has 0 fully saturated rings. The van der Waals surface area contributed by atoms with E-state index in [0.29, 0.717) is 12.2 Å². The lowest BCUT2D eigenvalue weighted by Gasteiger charge is -2.23. The third-order valence-corrected chi connectivity index (χ3v) is 5.02. The highest BCUT2D eigenvalue weighted by Gasteiger charge is 2.17. The summed E-state index contributed by atoms with van der Waals surface area (Å²) in [5.41, 5.74) is 0.574. The van der Waals surface area contributed by atoms with Gasteiger partial charge in [-0.05, 0) is 40.5 Å². The minimum Gasteiger partial charge on any atom is -0.364 e. The second-order valence-corrected chi connectivity index (χ2v) is 7.59. The summed E-state index contributed by atoms with van der Waals surface area (Å²) in [5, 5.41) is 0. The Morgan fingerprint density at radius 3 is 1.28 bits per heavy atom. The quantitative estimate of drug-likeness (QED) is 0.371. The molecule has 0 spiro atoms. The van der Waals surface area contributed by atoms with E-state index in [1.165, 1.54) is 0 Å². The second-order valence-electron chi connectivity index (χ2n) is 5.00. The van der Waals surface area contributed by atoms with Gasteiger partial charge in [-0.1, -0.05) is 48.3 Å². The molecular weight excluding hydrogens is 264 g/mol. The lowest BCUT2D eigenvalue weighted by atomic mass is 10.3. The molecule has 0 aromatic rings. The maximum Gasteiger partial charge on any atom is 0.113 e. The van der Waals surface area contributed by atoms with Gasteiger partial charge < -0.3 is 9.47 Å². The van der Waals surface area contributed by atoms with Crippen LogP contribution in [0.2, 0.25) is 0 Å². The van der Waals surface area contributed by atoms with Crippen LogP contribution in [0.5, 0.6) is 0 Å². The highest BCUT2D eigenvalue weighted by molar-refractivity contribution is 8.77. The number of hydrogen-bond donors (Lipinski definition) is 0. The Hall–Kier alpha value is 0.620. The van der Waals surface area contributed by atoms with Crippen molar-refractivity contribution in [1.29, 1.82) is 0 Å². The fourth-order valence-electron chi connectivity index (χ4n) is 1.48. The van der Waals surface area contributed by atoms with Gasteiger partial charge in [0, 0.05) is 0 Å². The van der Waals surface area contributed by atoms with Gasteiger partial charge in [0.25, 0.3) is 0 Å².